The summed E-state index contributed by atoms with van der Waals surface area (Å²) in [5.74, 6) is -0.163. The first-order valence-electron chi connectivity index (χ1n) is 9.85. The predicted molar refractivity (Wildman–Crippen MR) is 116 cm³/mol. The van der Waals surface area contributed by atoms with E-state index in [0.29, 0.717) is 37.3 Å². The lowest BCUT2D eigenvalue weighted by molar-refractivity contribution is -0.384. The van der Waals surface area contributed by atoms with Gasteiger partial charge in [0.2, 0.25) is 11.8 Å². The molecular weight excluding hydrogens is 382 g/mol. The lowest BCUT2D eigenvalue weighted by Crippen LogP contribution is -2.49. The molecule has 3 rings (SSSR count). The summed E-state index contributed by atoms with van der Waals surface area (Å²) in [4.78, 5) is 38.8. The molecule has 30 heavy (non-hydrogen) atoms. The van der Waals surface area contributed by atoms with Gasteiger partial charge in [0.15, 0.2) is 0 Å². The lowest BCUT2D eigenvalue weighted by atomic mass is 9.93. The maximum absolute atomic E-state index is 12.6. The van der Waals surface area contributed by atoms with E-state index in [4.69, 9.17) is 0 Å². The van der Waals surface area contributed by atoms with E-state index in [1.54, 1.807) is 28.0 Å². The van der Waals surface area contributed by atoms with Crippen LogP contribution in [0.4, 0.5) is 5.69 Å². The predicted octanol–water partition coefficient (Wildman–Crippen LogP) is 3.58. The van der Waals surface area contributed by atoms with Crippen LogP contribution in [0.2, 0.25) is 0 Å². The van der Waals surface area contributed by atoms with Crippen molar-refractivity contribution in [3.05, 3.63) is 69.3 Å². The summed E-state index contributed by atoms with van der Waals surface area (Å²) in [6.07, 6.45) is 3.09. The van der Waals surface area contributed by atoms with Crippen molar-refractivity contribution < 1.29 is 14.5 Å². The topological polar surface area (TPSA) is 83.8 Å². The van der Waals surface area contributed by atoms with E-state index in [2.05, 4.69) is 0 Å². The van der Waals surface area contributed by atoms with Crippen LogP contribution in [0.25, 0.3) is 17.2 Å². The molecular formula is C23H25N3O4. The van der Waals surface area contributed by atoms with Crippen LogP contribution in [0.5, 0.6) is 0 Å². The number of benzene rings is 2. The molecule has 0 N–H and O–H groups in total. The van der Waals surface area contributed by atoms with Crippen molar-refractivity contribution in [1.82, 2.24) is 9.80 Å². The van der Waals surface area contributed by atoms with E-state index >= 15 is 0 Å². The highest BCUT2D eigenvalue weighted by atomic mass is 16.6. The molecule has 1 heterocycles. The van der Waals surface area contributed by atoms with E-state index in [9.17, 15) is 19.7 Å². The first kappa shape index (κ1) is 21.2. The molecule has 2 aromatic carbocycles. The van der Waals surface area contributed by atoms with Crippen molar-refractivity contribution in [2.24, 2.45) is 0 Å². The van der Waals surface area contributed by atoms with Gasteiger partial charge in [0.05, 0.1) is 10.5 Å². The number of carbonyl (C=O) groups excluding carboxylic acids is 2. The van der Waals surface area contributed by atoms with Crippen molar-refractivity contribution in [2.75, 3.05) is 26.2 Å². The van der Waals surface area contributed by atoms with Crippen LogP contribution in [0.3, 0.4) is 0 Å². The molecule has 1 aliphatic rings. The first-order chi connectivity index (χ1) is 14.3. The Morgan fingerprint density at radius 1 is 1.03 bits per heavy atom. The van der Waals surface area contributed by atoms with E-state index < -0.39 is 4.92 Å². The minimum Gasteiger partial charge on any atom is -0.339 e. The molecule has 1 saturated heterocycles. The fourth-order valence-corrected chi connectivity index (χ4v) is 3.74. The zero-order chi connectivity index (χ0) is 21.8. The minimum absolute atomic E-state index is 0.00613. The Morgan fingerprint density at radius 3 is 2.30 bits per heavy atom. The Kier molecular flexibility index (Phi) is 6.30. The summed E-state index contributed by atoms with van der Waals surface area (Å²) in [6.45, 7) is 7.39. The molecule has 0 spiro atoms. The summed E-state index contributed by atoms with van der Waals surface area (Å²) < 4.78 is 0. The third-order valence-electron chi connectivity index (χ3n) is 5.36. The van der Waals surface area contributed by atoms with Crippen LogP contribution in [0.1, 0.15) is 23.6 Å². The molecule has 0 aromatic heterocycles. The van der Waals surface area contributed by atoms with Crippen LogP contribution >= 0.6 is 0 Å². The molecule has 1 aliphatic heterocycles. The summed E-state index contributed by atoms with van der Waals surface area (Å²) in [7, 11) is 0. The molecule has 156 valence electrons. The van der Waals surface area contributed by atoms with Gasteiger partial charge in [-0.05, 0) is 36.6 Å². The van der Waals surface area contributed by atoms with Gasteiger partial charge in [-0.25, -0.2) is 0 Å². The zero-order valence-electron chi connectivity index (χ0n) is 17.4. The average Bonchev–Trinajstić information content (AvgIpc) is 2.72. The Morgan fingerprint density at radius 2 is 1.70 bits per heavy atom. The highest BCUT2D eigenvalue weighted by Crippen LogP contribution is 2.36. The number of rotatable bonds is 4. The zero-order valence-corrected chi connectivity index (χ0v) is 17.4. The van der Waals surface area contributed by atoms with Gasteiger partial charge in [-0.3, -0.25) is 19.7 Å². The standard InChI is InChI=1S/C23H25N3O4/c1-16-7-9-20(17(2)15-16)23-19(5-4-6-21(23)26(29)30)8-10-22(28)25-13-11-24(12-14-25)18(3)27/h4-10,15H,11-14H2,1-3H3/b10-8+. The molecule has 0 atom stereocenters. The van der Waals surface area contributed by atoms with Crippen molar-refractivity contribution in [2.45, 2.75) is 20.8 Å². The lowest BCUT2D eigenvalue weighted by Gasteiger charge is -2.33. The van der Waals surface area contributed by atoms with Gasteiger partial charge < -0.3 is 9.80 Å². The molecule has 1 fully saturated rings. The summed E-state index contributed by atoms with van der Waals surface area (Å²) >= 11 is 0. The number of aryl methyl sites for hydroxylation is 2. The number of carbonyl (C=O) groups is 2. The molecule has 7 heteroatoms. The largest absolute Gasteiger partial charge is 0.339 e. The van der Waals surface area contributed by atoms with E-state index in [1.807, 2.05) is 32.0 Å². The molecule has 0 aliphatic carbocycles. The van der Waals surface area contributed by atoms with Crippen LogP contribution < -0.4 is 0 Å². The number of amides is 2. The van der Waals surface area contributed by atoms with Crippen LogP contribution in [0, 0.1) is 24.0 Å². The van der Waals surface area contributed by atoms with Crippen molar-refractivity contribution in [3.63, 3.8) is 0 Å². The number of nitrogens with zero attached hydrogens (tertiary/aromatic N) is 3. The second-order valence-electron chi connectivity index (χ2n) is 7.48. The monoisotopic (exact) mass is 407 g/mol. The van der Waals surface area contributed by atoms with Crippen molar-refractivity contribution in [1.29, 1.82) is 0 Å². The van der Waals surface area contributed by atoms with E-state index in [0.717, 1.165) is 16.7 Å². The summed E-state index contributed by atoms with van der Waals surface area (Å²) in [5.41, 5.74) is 3.91. The first-order valence-corrected chi connectivity index (χ1v) is 9.85. The molecule has 0 saturated carbocycles. The fraction of sp³-hybridized carbons (Fsp3) is 0.304. The van der Waals surface area contributed by atoms with Crippen molar-refractivity contribution in [3.8, 4) is 11.1 Å². The Bertz CT molecular complexity index is 1020. The maximum Gasteiger partial charge on any atom is 0.277 e. The molecule has 0 radical (unpaired) electrons. The number of nitro groups is 1. The van der Waals surface area contributed by atoms with Gasteiger partial charge >= 0.3 is 0 Å². The number of hydrogen-bond donors (Lipinski definition) is 0. The second kappa shape index (κ2) is 8.90. The normalized spacial score (nSPS) is 14.2. The van der Waals surface area contributed by atoms with E-state index in [1.165, 1.54) is 19.1 Å². The van der Waals surface area contributed by atoms with Gasteiger partial charge in [0, 0.05) is 45.2 Å². The number of piperazine rings is 1. The molecule has 0 bridgehead atoms. The Balaban J connectivity index is 1.91. The number of hydrogen-bond acceptors (Lipinski definition) is 4. The molecule has 7 nitrogen and oxygen atoms in total. The van der Waals surface area contributed by atoms with Gasteiger partial charge in [-0.1, -0.05) is 35.9 Å². The van der Waals surface area contributed by atoms with E-state index in [-0.39, 0.29) is 17.5 Å². The van der Waals surface area contributed by atoms with Crippen LogP contribution in [0.15, 0.2) is 42.5 Å². The quantitative estimate of drug-likeness (QED) is 0.441. The molecule has 2 amide bonds. The Labute approximate surface area is 175 Å². The van der Waals surface area contributed by atoms with Crippen molar-refractivity contribution >= 4 is 23.6 Å². The maximum atomic E-state index is 12.6. The van der Waals surface area contributed by atoms with Crippen LogP contribution in [-0.2, 0) is 9.59 Å². The summed E-state index contributed by atoms with van der Waals surface area (Å²) in [5, 5.41) is 11.7. The minimum atomic E-state index is -0.394. The molecule has 2 aromatic rings. The van der Waals surface area contributed by atoms with Crippen LogP contribution in [-0.4, -0.2) is 52.7 Å². The fourth-order valence-electron chi connectivity index (χ4n) is 3.74. The molecule has 0 unspecified atom stereocenters. The summed E-state index contributed by atoms with van der Waals surface area (Å²) in [6, 6.07) is 10.7. The second-order valence-corrected chi connectivity index (χ2v) is 7.48. The average molecular weight is 407 g/mol. The highest BCUT2D eigenvalue weighted by molar-refractivity contribution is 5.94. The van der Waals surface area contributed by atoms with Gasteiger partial charge in [-0.15, -0.1) is 0 Å². The Hall–Kier alpha value is -3.48. The third-order valence-corrected chi connectivity index (χ3v) is 5.36. The smallest absolute Gasteiger partial charge is 0.277 e. The third kappa shape index (κ3) is 4.56. The van der Waals surface area contributed by atoms with Gasteiger partial charge in [-0.2, -0.15) is 0 Å². The SMILES string of the molecule is CC(=O)N1CCN(C(=O)/C=C/c2cccc([N+](=O)[O-])c2-c2ccc(C)cc2C)CC1. The van der Waals surface area contributed by atoms with Gasteiger partial charge in [0.25, 0.3) is 5.69 Å². The van der Waals surface area contributed by atoms with Gasteiger partial charge in [0.1, 0.15) is 0 Å². The number of nitro benzene ring substituents is 1. The highest BCUT2D eigenvalue weighted by Gasteiger charge is 2.22.